The lowest BCUT2D eigenvalue weighted by Gasteiger charge is -2.32. The summed E-state index contributed by atoms with van der Waals surface area (Å²) in [6.07, 6.45) is 6.19. The van der Waals surface area contributed by atoms with Crippen molar-refractivity contribution in [3.8, 4) is 0 Å². The highest BCUT2D eigenvalue weighted by molar-refractivity contribution is 9.10. The van der Waals surface area contributed by atoms with Gasteiger partial charge in [-0.15, -0.1) is 0 Å². The molecule has 4 heteroatoms. The highest BCUT2D eigenvalue weighted by Crippen LogP contribution is 2.29. The quantitative estimate of drug-likeness (QED) is 0.759. The predicted octanol–water partition coefficient (Wildman–Crippen LogP) is 4.21. The zero-order valence-corrected chi connectivity index (χ0v) is 13.8. The van der Waals surface area contributed by atoms with E-state index in [1.807, 2.05) is 0 Å². The van der Waals surface area contributed by atoms with Crippen LogP contribution in [0.5, 0.6) is 0 Å². The van der Waals surface area contributed by atoms with Crippen molar-refractivity contribution in [2.24, 2.45) is 5.92 Å². The second kappa shape index (κ2) is 6.69. The first-order chi connectivity index (χ1) is 9.10. The third-order valence-corrected chi connectivity index (χ3v) is 4.07. The van der Waals surface area contributed by atoms with Crippen LogP contribution in [-0.4, -0.2) is 22.6 Å². The molecule has 1 aliphatic carbocycles. The van der Waals surface area contributed by atoms with Crippen molar-refractivity contribution in [2.75, 3.05) is 11.4 Å². The molecule has 0 radical (unpaired) electrons. The van der Waals surface area contributed by atoms with Crippen LogP contribution in [0.15, 0.2) is 10.7 Å². The van der Waals surface area contributed by atoms with Gasteiger partial charge in [0.2, 0.25) is 0 Å². The van der Waals surface area contributed by atoms with Crippen molar-refractivity contribution in [1.29, 1.82) is 0 Å². The molecule has 106 valence electrons. The van der Waals surface area contributed by atoms with Crippen molar-refractivity contribution in [2.45, 2.75) is 58.9 Å². The Balaban J connectivity index is 2.28. The summed E-state index contributed by atoms with van der Waals surface area (Å²) in [5, 5.41) is 0. The summed E-state index contributed by atoms with van der Waals surface area (Å²) < 4.78 is 0.904. The Hall–Kier alpha value is -0.640. The number of aryl methyl sites for hydroxylation is 1. The van der Waals surface area contributed by atoms with Gasteiger partial charge in [-0.3, -0.25) is 0 Å². The standard InChI is InChI=1S/C15H24BrN3/c1-4-14-17-13(16)9-15(18-14)19(10-11(2)3)12-7-5-6-8-12/h9,11-12H,4-8,10H2,1-3H3. The molecule has 1 aromatic rings. The van der Waals surface area contributed by atoms with Crippen LogP contribution in [0.4, 0.5) is 5.82 Å². The van der Waals surface area contributed by atoms with Gasteiger partial charge in [-0.2, -0.15) is 0 Å². The fraction of sp³-hybridized carbons (Fsp3) is 0.733. The van der Waals surface area contributed by atoms with E-state index >= 15 is 0 Å². The third-order valence-electron chi connectivity index (χ3n) is 3.67. The van der Waals surface area contributed by atoms with Gasteiger partial charge in [-0.05, 0) is 34.7 Å². The minimum Gasteiger partial charge on any atom is -0.353 e. The molecule has 0 saturated heterocycles. The van der Waals surface area contributed by atoms with Crippen LogP contribution in [-0.2, 0) is 6.42 Å². The molecule has 1 heterocycles. The highest BCUT2D eigenvalue weighted by atomic mass is 79.9. The third kappa shape index (κ3) is 3.91. The molecular weight excluding hydrogens is 302 g/mol. The van der Waals surface area contributed by atoms with E-state index in [2.05, 4.69) is 52.7 Å². The van der Waals surface area contributed by atoms with E-state index in [9.17, 15) is 0 Å². The molecule has 0 unspecified atom stereocenters. The van der Waals surface area contributed by atoms with Gasteiger partial charge in [0.25, 0.3) is 0 Å². The van der Waals surface area contributed by atoms with Gasteiger partial charge < -0.3 is 4.90 Å². The van der Waals surface area contributed by atoms with E-state index in [-0.39, 0.29) is 0 Å². The van der Waals surface area contributed by atoms with E-state index < -0.39 is 0 Å². The van der Waals surface area contributed by atoms with E-state index in [1.165, 1.54) is 25.7 Å². The van der Waals surface area contributed by atoms with Crippen LogP contribution in [0.2, 0.25) is 0 Å². The summed E-state index contributed by atoms with van der Waals surface area (Å²) in [5.74, 6) is 2.68. The Bertz CT molecular complexity index is 414. The van der Waals surface area contributed by atoms with E-state index in [1.54, 1.807) is 0 Å². The van der Waals surface area contributed by atoms with Crippen LogP contribution in [0.3, 0.4) is 0 Å². The van der Waals surface area contributed by atoms with Crippen LogP contribution in [0.25, 0.3) is 0 Å². The number of nitrogens with zero attached hydrogens (tertiary/aromatic N) is 3. The lowest BCUT2D eigenvalue weighted by Crippen LogP contribution is -2.37. The second-order valence-corrected chi connectivity index (χ2v) is 6.62. The average molecular weight is 326 g/mol. The van der Waals surface area contributed by atoms with Crippen molar-refractivity contribution >= 4 is 21.7 Å². The number of halogens is 1. The molecule has 0 bridgehead atoms. The van der Waals surface area contributed by atoms with E-state index in [4.69, 9.17) is 4.98 Å². The van der Waals surface area contributed by atoms with Crippen LogP contribution < -0.4 is 4.90 Å². The summed E-state index contributed by atoms with van der Waals surface area (Å²) in [7, 11) is 0. The van der Waals surface area contributed by atoms with Crippen molar-refractivity contribution in [3.05, 3.63) is 16.5 Å². The molecule has 0 N–H and O–H groups in total. The first-order valence-electron chi connectivity index (χ1n) is 7.40. The maximum atomic E-state index is 4.73. The molecule has 1 aromatic heterocycles. The largest absolute Gasteiger partial charge is 0.353 e. The normalized spacial score (nSPS) is 16.3. The lowest BCUT2D eigenvalue weighted by atomic mass is 10.1. The van der Waals surface area contributed by atoms with E-state index in [0.29, 0.717) is 12.0 Å². The SMILES string of the molecule is CCc1nc(Br)cc(N(CC(C)C)C2CCCC2)n1. The fourth-order valence-electron chi connectivity index (χ4n) is 2.80. The van der Waals surface area contributed by atoms with E-state index in [0.717, 1.165) is 29.2 Å². The topological polar surface area (TPSA) is 29.0 Å². The predicted molar refractivity (Wildman–Crippen MR) is 83.6 cm³/mol. The molecule has 0 aromatic carbocycles. The molecule has 1 fully saturated rings. The molecule has 0 amide bonds. The zero-order chi connectivity index (χ0) is 13.8. The zero-order valence-electron chi connectivity index (χ0n) is 12.2. The first-order valence-corrected chi connectivity index (χ1v) is 8.19. The monoisotopic (exact) mass is 325 g/mol. The Morgan fingerprint density at radius 1 is 1.32 bits per heavy atom. The van der Waals surface area contributed by atoms with Crippen molar-refractivity contribution in [1.82, 2.24) is 9.97 Å². The highest BCUT2D eigenvalue weighted by Gasteiger charge is 2.24. The average Bonchev–Trinajstić information content (AvgIpc) is 2.88. The molecule has 0 spiro atoms. The summed E-state index contributed by atoms with van der Waals surface area (Å²) in [6, 6.07) is 2.73. The fourth-order valence-corrected chi connectivity index (χ4v) is 3.21. The summed E-state index contributed by atoms with van der Waals surface area (Å²) in [6.45, 7) is 7.74. The Kier molecular flexibility index (Phi) is 5.20. The van der Waals surface area contributed by atoms with Crippen LogP contribution >= 0.6 is 15.9 Å². The van der Waals surface area contributed by atoms with Crippen LogP contribution in [0.1, 0.15) is 52.3 Å². The number of hydrogen-bond donors (Lipinski definition) is 0. The van der Waals surface area contributed by atoms with Gasteiger partial charge in [-0.1, -0.05) is 33.6 Å². The van der Waals surface area contributed by atoms with Crippen molar-refractivity contribution in [3.63, 3.8) is 0 Å². The minimum absolute atomic E-state index is 0.652. The molecule has 2 rings (SSSR count). The molecule has 19 heavy (non-hydrogen) atoms. The molecular formula is C15H24BrN3. The smallest absolute Gasteiger partial charge is 0.133 e. The summed E-state index contributed by atoms with van der Waals surface area (Å²) in [4.78, 5) is 11.7. The van der Waals surface area contributed by atoms with Crippen molar-refractivity contribution < 1.29 is 0 Å². The van der Waals surface area contributed by atoms with Gasteiger partial charge in [0.05, 0.1) is 0 Å². The Morgan fingerprint density at radius 3 is 2.58 bits per heavy atom. The van der Waals surface area contributed by atoms with Gasteiger partial charge >= 0.3 is 0 Å². The molecule has 0 atom stereocenters. The number of aromatic nitrogens is 2. The molecule has 1 aliphatic rings. The number of rotatable bonds is 5. The molecule has 0 aliphatic heterocycles. The number of anilines is 1. The lowest BCUT2D eigenvalue weighted by molar-refractivity contribution is 0.530. The Morgan fingerprint density at radius 2 is 2.00 bits per heavy atom. The van der Waals surface area contributed by atoms with Crippen LogP contribution in [0, 0.1) is 5.92 Å². The van der Waals surface area contributed by atoms with Gasteiger partial charge in [-0.25, -0.2) is 9.97 Å². The first kappa shape index (κ1) is 14.8. The summed E-state index contributed by atoms with van der Waals surface area (Å²) >= 11 is 3.52. The minimum atomic E-state index is 0.652. The van der Waals surface area contributed by atoms with Gasteiger partial charge in [0.1, 0.15) is 16.2 Å². The summed E-state index contributed by atoms with van der Waals surface area (Å²) in [5.41, 5.74) is 0. The van der Waals surface area contributed by atoms with Gasteiger partial charge in [0, 0.05) is 25.1 Å². The molecule has 1 saturated carbocycles. The second-order valence-electron chi connectivity index (χ2n) is 5.80. The maximum absolute atomic E-state index is 4.73. The Labute approximate surface area is 125 Å². The van der Waals surface area contributed by atoms with Gasteiger partial charge in [0.15, 0.2) is 0 Å². The number of hydrogen-bond acceptors (Lipinski definition) is 3. The maximum Gasteiger partial charge on any atom is 0.133 e. The molecule has 3 nitrogen and oxygen atoms in total.